The number of nitrogens with zero attached hydrogens (tertiary/aromatic N) is 2. The summed E-state index contributed by atoms with van der Waals surface area (Å²) in [6, 6.07) is 10.3. The van der Waals surface area contributed by atoms with Crippen LogP contribution >= 0.6 is 0 Å². The van der Waals surface area contributed by atoms with Crippen LogP contribution < -0.4 is 15.8 Å². The zero-order valence-corrected chi connectivity index (χ0v) is 22.5. The monoisotopic (exact) mass is 566 g/mol. The van der Waals surface area contributed by atoms with Crippen molar-refractivity contribution in [1.29, 1.82) is 0 Å². The Morgan fingerprint density at radius 1 is 1.07 bits per heavy atom. The molecule has 1 heterocycles. The van der Waals surface area contributed by atoms with Gasteiger partial charge in [0.15, 0.2) is 0 Å². The summed E-state index contributed by atoms with van der Waals surface area (Å²) in [7, 11) is 5.30. The van der Waals surface area contributed by atoms with E-state index >= 15 is 0 Å². The van der Waals surface area contributed by atoms with Gasteiger partial charge in [-0.25, -0.2) is 0 Å². The summed E-state index contributed by atoms with van der Waals surface area (Å²) in [6.45, 7) is -1.25. The summed E-state index contributed by atoms with van der Waals surface area (Å²) in [5.74, 6) is 5.59. The van der Waals surface area contributed by atoms with Crippen LogP contribution in [0.4, 0.5) is 32.0 Å². The number of hydrogen-bond donors (Lipinski definition) is 2. The van der Waals surface area contributed by atoms with E-state index < -0.39 is 30.0 Å². The Balaban J connectivity index is 1.64. The Labute approximate surface area is 229 Å². The summed E-state index contributed by atoms with van der Waals surface area (Å²) in [4.78, 5) is 2.17. The molecule has 0 amide bonds. The highest BCUT2D eigenvalue weighted by Gasteiger charge is 2.36. The van der Waals surface area contributed by atoms with Crippen molar-refractivity contribution in [3.8, 4) is 17.6 Å². The Morgan fingerprint density at radius 3 is 2.38 bits per heavy atom. The van der Waals surface area contributed by atoms with Crippen molar-refractivity contribution < 1.29 is 31.1 Å². The van der Waals surface area contributed by atoms with Crippen molar-refractivity contribution in [2.24, 2.45) is 5.73 Å². The van der Waals surface area contributed by atoms with Crippen molar-refractivity contribution in [1.82, 2.24) is 9.47 Å². The summed E-state index contributed by atoms with van der Waals surface area (Å²) in [5, 5.41) is 3.51. The number of fused-ring (bicyclic) bond motifs is 1. The number of methoxy groups -OCH3 is 1. The van der Waals surface area contributed by atoms with E-state index in [1.807, 2.05) is 20.2 Å². The molecule has 1 saturated carbocycles. The van der Waals surface area contributed by atoms with Crippen molar-refractivity contribution >= 4 is 16.6 Å². The smallest absolute Gasteiger partial charge is 0.416 e. The molecule has 216 valence electrons. The first-order valence-electron chi connectivity index (χ1n) is 12.8. The van der Waals surface area contributed by atoms with Gasteiger partial charge in [0.05, 0.1) is 30.6 Å². The van der Waals surface area contributed by atoms with E-state index in [-0.39, 0.29) is 23.7 Å². The highest BCUT2D eigenvalue weighted by atomic mass is 19.4. The number of aromatic nitrogens is 1. The maximum absolute atomic E-state index is 13.6. The lowest BCUT2D eigenvalue weighted by atomic mass is 9.74. The van der Waals surface area contributed by atoms with E-state index in [2.05, 4.69) is 22.1 Å². The lowest BCUT2D eigenvalue weighted by Gasteiger charge is -2.40. The van der Waals surface area contributed by atoms with E-state index in [4.69, 9.17) is 10.5 Å². The zero-order chi connectivity index (χ0) is 29.3. The minimum atomic E-state index is -4.52. The Bertz CT molecular complexity index is 1410. The molecule has 1 aliphatic carbocycles. The van der Waals surface area contributed by atoms with Gasteiger partial charge in [-0.2, -0.15) is 26.3 Å². The van der Waals surface area contributed by atoms with E-state index in [0.717, 1.165) is 35.1 Å². The third kappa shape index (κ3) is 6.50. The molecule has 0 aliphatic heterocycles. The third-order valence-corrected chi connectivity index (χ3v) is 7.51. The Kier molecular flexibility index (Phi) is 8.33. The molecule has 3 N–H and O–H groups in total. The minimum Gasteiger partial charge on any atom is -0.495 e. The SMILES string of the molecule is COc1cc(C(F)(F)F)ccc1NCC#Cc1cc2c(C3(N)CCC(N(C)C)CC3)cccc2n1CC(F)(F)F. The van der Waals surface area contributed by atoms with Crippen LogP contribution in [0.15, 0.2) is 42.5 Å². The van der Waals surface area contributed by atoms with Gasteiger partial charge in [-0.15, -0.1) is 0 Å². The first-order valence-corrected chi connectivity index (χ1v) is 12.8. The average molecular weight is 567 g/mol. The molecule has 1 fully saturated rings. The van der Waals surface area contributed by atoms with Gasteiger partial charge < -0.3 is 25.3 Å². The number of alkyl halides is 6. The van der Waals surface area contributed by atoms with Crippen LogP contribution in [0.1, 0.15) is 42.5 Å². The van der Waals surface area contributed by atoms with Gasteiger partial charge >= 0.3 is 12.4 Å². The number of benzene rings is 2. The predicted octanol–water partition coefficient (Wildman–Crippen LogP) is 6.35. The molecule has 0 saturated heterocycles. The van der Waals surface area contributed by atoms with E-state index in [0.29, 0.717) is 29.8 Å². The Morgan fingerprint density at radius 2 is 1.77 bits per heavy atom. The quantitative estimate of drug-likeness (QED) is 0.270. The lowest BCUT2D eigenvalue weighted by molar-refractivity contribution is -0.140. The lowest BCUT2D eigenvalue weighted by Crippen LogP contribution is -2.44. The molecule has 3 aromatic rings. The van der Waals surface area contributed by atoms with Crippen LogP contribution in [-0.2, 0) is 18.3 Å². The molecule has 11 heteroatoms. The topological polar surface area (TPSA) is 55.5 Å². The summed E-state index contributed by atoms with van der Waals surface area (Å²) >= 11 is 0. The second-order valence-corrected chi connectivity index (χ2v) is 10.4. The van der Waals surface area contributed by atoms with E-state index in [1.54, 1.807) is 18.2 Å². The Hall–Kier alpha value is -3.36. The maximum atomic E-state index is 13.6. The fourth-order valence-corrected chi connectivity index (χ4v) is 5.36. The number of nitrogens with two attached hydrogens (primary N) is 1. The number of halogens is 6. The van der Waals surface area contributed by atoms with Gasteiger partial charge in [0, 0.05) is 22.5 Å². The maximum Gasteiger partial charge on any atom is 0.416 e. The molecular formula is C29H32F6N4O. The molecule has 1 aliphatic rings. The van der Waals surface area contributed by atoms with Gasteiger partial charge in [0.2, 0.25) is 0 Å². The standard InChI is InChI=1S/C29H32F6N4O/c1-38(2)20-11-13-27(36,14-12-20)23-7-4-8-25-22(23)17-21(39(25)18-28(30,31)32)6-5-15-37-24-10-9-19(29(33,34)35)16-26(24)40-3/h4,7-10,16-17,20,37H,11-15,18,36H2,1-3H3. The highest BCUT2D eigenvalue weighted by molar-refractivity contribution is 5.87. The van der Waals surface area contributed by atoms with Gasteiger partial charge in [0.1, 0.15) is 12.3 Å². The van der Waals surface area contributed by atoms with Crippen LogP contribution in [0, 0.1) is 11.8 Å². The molecule has 0 bridgehead atoms. The van der Waals surface area contributed by atoms with Crippen LogP contribution in [0.3, 0.4) is 0 Å². The van der Waals surface area contributed by atoms with Gasteiger partial charge in [0.25, 0.3) is 0 Å². The first kappa shape index (κ1) is 29.6. The van der Waals surface area contributed by atoms with Crippen molar-refractivity contribution in [3.63, 3.8) is 0 Å². The fraction of sp³-hybridized carbons (Fsp3) is 0.448. The number of anilines is 1. The number of nitrogens with one attached hydrogen (secondary N) is 1. The number of ether oxygens (including phenoxy) is 1. The molecule has 40 heavy (non-hydrogen) atoms. The third-order valence-electron chi connectivity index (χ3n) is 7.51. The molecule has 5 nitrogen and oxygen atoms in total. The van der Waals surface area contributed by atoms with Crippen molar-refractivity contribution in [3.05, 3.63) is 59.3 Å². The highest BCUT2D eigenvalue weighted by Crippen LogP contribution is 2.40. The van der Waals surface area contributed by atoms with Gasteiger partial charge in [-0.3, -0.25) is 0 Å². The largest absolute Gasteiger partial charge is 0.495 e. The van der Waals surface area contributed by atoms with Crippen molar-refractivity contribution in [2.45, 2.75) is 56.2 Å². The molecule has 0 radical (unpaired) electrons. The van der Waals surface area contributed by atoms with Gasteiger partial charge in [-0.1, -0.05) is 18.1 Å². The molecule has 0 unspecified atom stereocenters. The second-order valence-electron chi connectivity index (χ2n) is 10.4. The summed E-state index contributed by atoms with van der Waals surface area (Å²) in [6.07, 6.45) is -5.82. The predicted molar refractivity (Wildman–Crippen MR) is 143 cm³/mol. The zero-order valence-electron chi connectivity index (χ0n) is 22.5. The summed E-state index contributed by atoms with van der Waals surface area (Å²) in [5.41, 5.74) is 7.00. The first-order chi connectivity index (χ1) is 18.7. The minimum absolute atomic E-state index is 0.0234. The molecule has 4 rings (SSSR count). The van der Waals surface area contributed by atoms with E-state index in [9.17, 15) is 26.3 Å². The summed E-state index contributed by atoms with van der Waals surface area (Å²) < 4.78 is 85.9. The molecule has 0 atom stereocenters. The average Bonchev–Trinajstić information content (AvgIpc) is 3.22. The molecular weight excluding hydrogens is 534 g/mol. The van der Waals surface area contributed by atoms with E-state index in [1.165, 1.54) is 13.2 Å². The van der Waals surface area contributed by atoms with Crippen LogP contribution in [0.5, 0.6) is 5.75 Å². The normalized spacial score (nSPS) is 19.9. The van der Waals surface area contributed by atoms with Crippen LogP contribution in [0.2, 0.25) is 0 Å². The van der Waals surface area contributed by atoms with Gasteiger partial charge in [-0.05, 0) is 81.6 Å². The molecule has 1 aromatic heterocycles. The number of rotatable bonds is 6. The van der Waals surface area contributed by atoms with Crippen LogP contribution in [0.25, 0.3) is 10.9 Å². The van der Waals surface area contributed by atoms with Crippen molar-refractivity contribution in [2.75, 3.05) is 33.1 Å². The molecule has 2 aromatic carbocycles. The fourth-order valence-electron chi connectivity index (χ4n) is 5.36. The number of hydrogen-bond acceptors (Lipinski definition) is 4. The second kappa shape index (κ2) is 11.3. The van der Waals surface area contributed by atoms with Crippen LogP contribution in [-0.4, -0.2) is 49.4 Å². The molecule has 0 spiro atoms.